The Balaban J connectivity index is 2.92. The Morgan fingerprint density at radius 1 is 1.19 bits per heavy atom. The van der Waals surface area contributed by atoms with Gasteiger partial charge < -0.3 is 4.74 Å². The number of aromatic nitrogens is 1. The molecule has 0 saturated carbocycles. The molecule has 0 atom stereocenters. The third-order valence-corrected chi connectivity index (χ3v) is 2.58. The van der Waals surface area contributed by atoms with E-state index in [1.807, 2.05) is 0 Å². The summed E-state index contributed by atoms with van der Waals surface area (Å²) in [5.74, 6) is -2.43. The Morgan fingerprint density at radius 2 is 1.88 bits per heavy atom. The van der Waals surface area contributed by atoms with Crippen LogP contribution in [0.25, 0.3) is 10.9 Å². The summed E-state index contributed by atoms with van der Waals surface area (Å²) < 4.78 is 31.7. The summed E-state index contributed by atoms with van der Waals surface area (Å²) in [7, 11) is 1.23. The van der Waals surface area contributed by atoms with Crippen LogP contribution in [0.3, 0.4) is 0 Å². The van der Waals surface area contributed by atoms with Gasteiger partial charge in [-0.2, -0.15) is 4.39 Å². The third-order valence-electron chi connectivity index (χ3n) is 2.08. The average Bonchev–Trinajstić information content (AvgIpc) is 2.22. The molecule has 0 saturated heterocycles. The SMILES string of the molecule is COc1cc2nc(Cl)cc(Cl)c2c(F)c1F. The van der Waals surface area contributed by atoms with Crippen LogP contribution in [0.1, 0.15) is 0 Å². The van der Waals surface area contributed by atoms with Gasteiger partial charge >= 0.3 is 0 Å². The fourth-order valence-electron chi connectivity index (χ4n) is 1.38. The number of hydrogen-bond donors (Lipinski definition) is 0. The predicted molar refractivity (Wildman–Crippen MR) is 58.2 cm³/mol. The van der Waals surface area contributed by atoms with E-state index >= 15 is 0 Å². The standard InChI is InChI=1S/C10H5Cl2F2NO/c1-16-6-3-5-8(10(14)9(6)13)4(11)2-7(12)15-5/h2-3H,1H3. The zero-order chi connectivity index (χ0) is 11.9. The zero-order valence-electron chi connectivity index (χ0n) is 8.02. The number of benzene rings is 1. The summed E-state index contributed by atoms with van der Waals surface area (Å²) >= 11 is 11.4. The van der Waals surface area contributed by atoms with Crippen LogP contribution in [-0.4, -0.2) is 12.1 Å². The third kappa shape index (κ3) is 1.68. The molecule has 1 aromatic carbocycles. The molecule has 6 heteroatoms. The second-order valence-corrected chi connectivity index (χ2v) is 3.82. The molecule has 1 heterocycles. The first kappa shape index (κ1) is 11.4. The van der Waals surface area contributed by atoms with Crippen molar-refractivity contribution >= 4 is 34.1 Å². The van der Waals surface area contributed by atoms with E-state index in [-0.39, 0.29) is 26.8 Å². The van der Waals surface area contributed by atoms with Gasteiger partial charge in [-0.05, 0) is 6.07 Å². The molecule has 0 amide bonds. The highest BCUT2D eigenvalue weighted by Crippen LogP contribution is 2.33. The zero-order valence-corrected chi connectivity index (χ0v) is 9.53. The van der Waals surface area contributed by atoms with Crippen molar-refractivity contribution in [1.82, 2.24) is 4.98 Å². The number of hydrogen-bond acceptors (Lipinski definition) is 2. The monoisotopic (exact) mass is 263 g/mol. The van der Waals surface area contributed by atoms with Crippen LogP contribution < -0.4 is 4.74 Å². The molecule has 0 aliphatic carbocycles. The van der Waals surface area contributed by atoms with Crippen molar-refractivity contribution in [2.24, 2.45) is 0 Å². The van der Waals surface area contributed by atoms with Gasteiger partial charge in [-0.3, -0.25) is 0 Å². The van der Waals surface area contributed by atoms with Crippen LogP contribution in [0.5, 0.6) is 5.75 Å². The first-order valence-corrected chi connectivity index (χ1v) is 4.98. The largest absolute Gasteiger partial charge is 0.493 e. The van der Waals surface area contributed by atoms with E-state index in [2.05, 4.69) is 9.72 Å². The number of methoxy groups -OCH3 is 1. The van der Waals surface area contributed by atoms with Crippen molar-refractivity contribution in [3.63, 3.8) is 0 Å². The Kier molecular flexibility index (Phi) is 2.86. The van der Waals surface area contributed by atoms with Crippen molar-refractivity contribution in [3.05, 3.63) is 33.9 Å². The molecule has 0 spiro atoms. The van der Waals surface area contributed by atoms with Crippen LogP contribution in [0.4, 0.5) is 8.78 Å². The molecule has 1 aromatic heterocycles. The van der Waals surface area contributed by atoms with Gasteiger partial charge in [-0.25, -0.2) is 9.37 Å². The highest BCUT2D eigenvalue weighted by atomic mass is 35.5. The lowest BCUT2D eigenvalue weighted by Crippen LogP contribution is -1.95. The van der Waals surface area contributed by atoms with Crippen LogP contribution in [0, 0.1) is 11.6 Å². The number of pyridine rings is 1. The van der Waals surface area contributed by atoms with E-state index in [0.29, 0.717) is 0 Å². The molecule has 2 nitrogen and oxygen atoms in total. The molecule has 84 valence electrons. The highest BCUT2D eigenvalue weighted by Gasteiger charge is 2.17. The van der Waals surface area contributed by atoms with Gasteiger partial charge in [-0.1, -0.05) is 23.2 Å². The van der Waals surface area contributed by atoms with Crippen molar-refractivity contribution in [1.29, 1.82) is 0 Å². The minimum Gasteiger partial charge on any atom is -0.493 e. The van der Waals surface area contributed by atoms with Gasteiger partial charge in [0.25, 0.3) is 0 Å². The van der Waals surface area contributed by atoms with E-state index in [1.165, 1.54) is 19.2 Å². The minimum atomic E-state index is -1.10. The molecule has 2 aromatic rings. The number of fused-ring (bicyclic) bond motifs is 1. The first-order valence-electron chi connectivity index (χ1n) is 4.22. The molecule has 0 fully saturated rings. The lowest BCUT2D eigenvalue weighted by molar-refractivity contribution is 0.374. The first-order chi connectivity index (χ1) is 7.54. The van der Waals surface area contributed by atoms with Gasteiger partial charge in [0, 0.05) is 6.07 Å². The van der Waals surface area contributed by atoms with E-state index in [0.717, 1.165) is 0 Å². The molecule has 0 N–H and O–H groups in total. The summed E-state index contributed by atoms with van der Waals surface area (Å²) in [5.41, 5.74) is 0.147. The maximum absolute atomic E-state index is 13.6. The maximum Gasteiger partial charge on any atom is 0.201 e. The predicted octanol–water partition coefficient (Wildman–Crippen LogP) is 3.83. The van der Waals surface area contributed by atoms with E-state index in [1.54, 1.807) is 0 Å². The van der Waals surface area contributed by atoms with Gasteiger partial charge in [0.1, 0.15) is 5.15 Å². The summed E-state index contributed by atoms with van der Waals surface area (Å²) in [6, 6.07) is 2.49. The summed E-state index contributed by atoms with van der Waals surface area (Å²) in [6.07, 6.45) is 0. The summed E-state index contributed by atoms with van der Waals surface area (Å²) in [6.45, 7) is 0. The Labute approximate surface area is 99.7 Å². The van der Waals surface area contributed by atoms with E-state index in [9.17, 15) is 8.78 Å². The van der Waals surface area contributed by atoms with Crippen molar-refractivity contribution in [2.75, 3.05) is 7.11 Å². The molecule has 0 aliphatic heterocycles. The Hall–Kier alpha value is -1.13. The van der Waals surface area contributed by atoms with Crippen LogP contribution in [0.2, 0.25) is 10.2 Å². The maximum atomic E-state index is 13.6. The molecular weight excluding hydrogens is 259 g/mol. The average molecular weight is 264 g/mol. The van der Waals surface area contributed by atoms with Crippen molar-refractivity contribution in [3.8, 4) is 5.75 Å². The highest BCUT2D eigenvalue weighted by molar-refractivity contribution is 6.37. The van der Waals surface area contributed by atoms with Gasteiger partial charge in [0.05, 0.1) is 23.0 Å². The second-order valence-electron chi connectivity index (χ2n) is 3.03. The molecule has 0 bridgehead atoms. The fraction of sp³-hybridized carbons (Fsp3) is 0.100. The molecule has 16 heavy (non-hydrogen) atoms. The van der Waals surface area contributed by atoms with Crippen molar-refractivity contribution < 1.29 is 13.5 Å². The van der Waals surface area contributed by atoms with E-state index < -0.39 is 11.6 Å². The Morgan fingerprint density at radius 3 is 2.50 bits per heavy atom. The lowest BCUT2D eigenvalue weighted by atomic mass is 10.2. The number of rotatable bonds is 1. The number of halogens is 4. The van der Waals surface area contributed by atoms with Gasteiger partial charge in [0.15, 0.2) is 11.6 Å². The van der Waals surface area contributed by atoms with Gasteiger partial charge in [-0.15, -0.1) is 0 Å². The smallest absolute Gasteiger partial charge is 0.201 e. The minimum absolute atomic E-state index is 0.00838. The fourth-order valence-corrected chi connectivity index (χ4v) is 1.92. The van der Waals surface area contributed by atoms with Crippen LogP contribution in [0.15, 0.2) is 12.1 Å². The topological polar surface area (TPSA) is 22.1 Å². The quantitative estimate of drug-likeness (QED) is 0.730. The molecule has 0 unspecified atom stereocenters. The molecule has 0 radical (unpaired) electrons. The van der Waals surface area contributed by atoms with E-state index in [4.69, 9.17) is 23.2 Å². The van der Waals surface area contributed by atoms with Crippen LogP contribution in [-0.2, 0) is 0 Å². The number of nitrogens with zero attached hydrogens (tertiary/aromatic N) is 1. The molecule has 0 aliphatic rings. The lowest BCUT2D eigenvalue weighted by Gasteiger charge is -2.07. The van der Waals surface area contributed by atoms with Crippen molar-refractivity contribution in [2.45, 2.75) is 0 Å². The second kappa shape index (κ2) is 4.03. The van der Waals surface area contributed by atoms with Crippen LogP contribution >= 0.6 is 23.2 Å². The Bertz CT molecular complexity index is 574. The summed E-state index contributed by atoms with van der Waals surface area (Å²) in [5, 5.41) is 0.00369. The summed E-state index contributed by atoms with van der Waals surface area (Å²) in [4.78, 5) is 3.84. The normalized spacial score (nSPS) is 10.8. The molecule has 2 rings (SSSR count). The number of ether oxygens (including phenoxy) is 1. The van der Waals surface area contributed by atoms with Gasteiger partial charge in [0.2, 0.25) is 5.82 Å². The molecular formula is C10H5Cl2F2NO.